The molecular formula is C20H16F3N3O. The van der Waals surface area contributed by atoms with Gasteiger partial charge in [-0.3, -0.25) is 4.79 Å². The number of nitrogens with zero attached hydrogens (tertiary/aromatic N) is 1. The Hall–Kier alpha value is -3.35. The molecule has 7 heteroatoms. The van der Waals surface area contributed by atoms with Crippen LogP contribution in [-0.4, -0.2) is 17.4 Å². The molecule has 2 aromatic carbocycles. The second kappa shape index (κ2) is 8.35. The van der Waals surface area contributed by atoms with E-state index in [0.717, 1.165) is 12.1 Å². The molecule has 0 bridgehead atoms. The van der Waals surface area contributed by atoms with E-state index in [0.29, 0.717) is 12.0 Å². The number of amides is 1. The molecule has 0 aliphatic heterocycles. The summed E-state index contributed by atoms with van der Waals surface area (Å²) in [6.07, 6.45) is 1.65. The van der Waals surface area contributed by atoms with Gasteiger partial charge in [0.1, 0.15) is 29.0 Å². The average Bonchev–Trinajstić information content (AvgIpc) is 2.67. The first-order valence-electron chi connectivity index (χ1n) is 8.23. The summed E-state index contributed by atoms with van der Waals surface area (Å²) in [6, 6.07) is 12.8. The Kier molecular flexibility index (Phi) is 5.71. The van der Waals surface area contributed by atoms with E-state index in [1.807, 2.05) is 0 Å². The molecule has 0 saturated carbocycles. The van der Waals surface area contributed by atoms with E-state index < -0.39 is 11.6 Å². The second-order valence-corrected chi connectivity index (χ2v) is 5.75. The van der Waals surface area contributed by atoms with Crippen LogP contribution in [0.3, 0.4) is 0 Å². The van der Waals surface area contributed by atoms with Gasteiger partial charge >= 0.3 is 0 Å². The SMILES string of the molecule is O=C(NCCc1ccccc1F)c1ccc(Nc2c(F)cccc2F)nc1. The molecule has 0 fully saturated rings. The van der Waals surface area contributed by atoms with Crippen molar-refractivity contribution in [3.05, 3.63) is 89.4 Å². The minimum atomic E-state index is -0.744. The largest absolute Gasteiger partial charge is 0.352 e. The summed E-state index contributed by atoms with van der Waals surface area (Å²) < 4.78 is 40.8. The normalized spacial score (nSPS) is 10.5. The van der Waals surface area contributed by atoms with Crippen molar-refractivity contribution in [1.82, 2.24) is 10.3 Å². The van der Waals surface area contributed by atoms with Gasteiger partial charge in [-0.05, 0) is 42.3 Å². The number of nitrogens with one attached hydrogen (secondary N) is 2. The third-order valence-corrected chi connectivity index (χ3v) is 3.88. The van der Waals surface area contributed by atoms with Crippen molar-refractivity contribution in [2.45, 2.75) is 6.42 Å². The number of hydrogen-bond donors (Lipinski definition) is 2. The van der Waals surface area contributed by atoms with Crippen LogP contribution in [0, 0.1) is 17.5 Å². The van der Waals surface area contributed by atoms with Gasteiger partial charge in [-0.1, -0.05) is 24.3 Å². The molecule has 0 atom stereocenters. The zero-order valence-electron chi connectivity index (χ0n) is 14.2. The number of benzene rings is 2. The molecule has 1 amide bonds. The van der Waals surface area contributed by atoms with Gasteiger partial charge < -0.3 is 10.6 Å². The van der Waals surface area contributed by atoms with Crippen molar-refractivity contribution in [1.29, 1.82) is 0 Å². The molecule has 3 aromatic rings. The predicted octanol–water partition coefficient (Wildman–Crippen LogP) is 4.22. The van der Waals surface area contributed by atoms with Crippen LogP contribution in [0.25, 0.3) is 0 Å². The summed E-state index contributed by atoms with van der Waals surface area (Å²) >= 11 is 0. The fourth-order valence-electron chi connectivity index (χ4n) is 2.46. The lowest BCUT2D eigenvalue weighted by Gasteiger charge is -2.09. The van der Waals surface area contributed by atoms with Crippen LogP contribution in [0.1, 0.15) is 15.9 Å². The quantitative estimate of drug-likeness (QED) is 0.682. The summed E-state index contributed by atoms with van der Waals surface area (Å²) in [5.41, 5.74) is 0.484. The van der Waals surface area contributed by atoms with Crippen LogP contribution >= 0.6 is 0 Å². The molecule has 2 N–H and O–H groups in total. The van der Waals surface area contributed by atoms with E-state index in [-0.39, 0.29) is 35.3 Å². The van der Waals surface area contributed by atoms with Crippen molar-refractivity contribution in [2.24, 2.45) is 0 Å². The zero-order valence-corrected chi connectivity index (χ0v) is 14.2. The molecule has 3 rings (SSSR count). The van der Waals surface area contributed by atoms with E-state index in [1.54, 1.807) is 18.2 Å². The Morgan fingerprint density at radius 2 is 1.59 bits per heavy atom. The molecule has 0 radical (unpaired) electrons. The third-order valence-electron chi connectivity index (χ3n) is 3.88. The Labute approximate surface area is 154 Å². The highest BCUT2D eigenvalue weighted by Crippen LogP contribution is 2.22. The highest BCUT2D eigenvalue weighted by atomic mass is 19.1. The fraction of sp³-hybridized carbons (Fsp3) is 0.100. The fourth-order valence-corrected chi connectivity index (χ4v) is 2.46. The van der Waals surface area contributed by atoms with Crippen LogP contribution in [-0.2, 0) is 6.42 Å². The first-order chi connectivity index (χ1) is 13.0. The van der Waals surface area contributed by atoms with Crippen LogP contribution in [0.2, 0.25) is 0 Å². The van der Waals surface area contributed by atoms with Crippen molar-refractivity contribution < 1.29 is 18.0 Å². The summed E-state index contributed by atoms with van der Waals surface area (Å²) in [6.45, 7) is 0.264. The van der Waals surface area contributed by atoms with E-state index in [9.17, 15) is 18.0 Å². The van der Waals surface area contributed by atoms with Gasteiger partial charge in [0.2, 0.25) is 0 Å². The van der Waals surface area contributed by atoms with Gasteiger partial charge in [0.15, 0.2) is 0 Å². The molecule has 1 aromatic heterocycles. The molecule has 0 saturated heterocycles. The van der Waals surface area contributed by atoms with E-state index in [4.69, 9.17) is 0 Å². The summed E-state index contributed by atoms with van der Waals surface area (Å²) in [4.78, 5) is 16.1. The number of rotatable bonds is 6. The highest BCUT2D eigenvalue weighted by Gasteiger charge is 2.10. The van der Waals surface area contributed by atoms with Crippen LogP contribution in [0.15, 0.2) is 60.8 Å². The number of para-hydroxylation sites is 1. The maximum atomic E-state index is 13.6. The Morgan fingerprint density at radius 3 is 2.26 bits per heavy atom. The van der Waals surface area contributed by atoms with E-state index in [2.05, 4.69) is 15.6 Å². The Bertz CT molecular complexity index is 925. The topological polar surface area (TPSA) is 54.0 Å². The second-order valence-electron chi connectivity index (χ2n) is 5.75. The Morgan fingerprint density at radius 1 is 0.889 bits per heavy atom. The van der Waals surface area contributed by atoms with Crippen LogP contribution in [0.4, 0.5) is 24.7 Å². The lowest BCUT2D eigenvalue weighted by Crippen LogP contribution is -2.26. The molecule has 0 spiro atoms. The zero-order chi connectivity index (χ0) is 19.2. The molecule has 138 valence electrons. The summed E-state index contributed by atoms with van der Waals surface area (Å²) in [5, 5.41) is 5.22. The molecule has 0 aliphatic carbocycles. The van der Waals surface area contributed by atoms with Crippen LogP contribution in [0.5, 0.6) is 0 Å². The lowest BCUT2D eigenvalue weighted by atomic mass is 10.1. The summed E-state index contributed by atoms with van der Waals surface area (Å²) in [5.74, 6) is -1.98. The van der Waals surface area contributed by atoms with Crippen molar-refractivity contribution in [2.75, 3.05) is 11.9 Å². The number of pyridine rings is 1. The number of hydrogen-bond acceptors (Lipinski definition) is 3. The standard InChI is InChI=1S/C20H16F3N3O/c21-15-5-2-1-4-13(15)10-11-24-20(27)14-8-9-18(25-12-14)26-19-16(22)6-3-7-17(19)23/h1-9,12H,10-11H2,(H,24,27)(H,25,26). The monoisotopic (exact) mass is 371 g/mol. The van der Waals surface area contributed by atoms with Gasteiger partial charge in [0, 0.05) is 12.7 Å². The lowest BCUT2D eigenvalue weighted by molar-refractivity contribution is 0.0953. The Balaban J connectivity index is 1.58. The maximum Gasteiger partial charge on any atom is 0.252 e. The number of aromatic nitrogens is 1. The number of carbonyl (C=O) groups is 1. The smallest absolute Gasteiger partial charge is 0.252 e. The van der Waals surface area contributed by atoms with Gasteiger partial charge in [0.05, 0.1) is 5.56 Å². The van der Waals surface area contributed by atoms with Gasteiger partial charge in [-0.2, -0.15) is 0 Å². The highest BCUT2D eigenvalue weighted by molar-refractivity contribution is 5.94. The molecule has 0 aliphatic rings. The minimum Gasteiger partial charge on any atom is -0.352 e. The van der Waals surface area contributed by atoms with Crippen molar-refractivity contribution in [3.63, 3.8) is 0 Å². The van der Waals surface area contributed by atoms with E-state index in [1.165, 1.54) is 30.5 Å². The first kappa shape index (κ1) is 18.4. The molecule has 1 heterocycles. The molecule has 27 heavy (non-hydrogen) atoms. The average molecular weight is 371 g/mol. The molecule has 0 unspecified atom stereocenters. The predicted molar refractivity (Wildman–Crippen MR) is 96.3 cm³/mol. The van der Waals surface area contributed by atoms with Gasteiger partial charge in [0.25, 0.3) is 5.91 Å². The van der Waals surface area contributed by atoms with Gasteiger partial charge in [-0.25, -0.2) is 18.2 Å². The van der Waals surface area contributed by atoms with Gasteiger partial charge in [-0.15, -0.1) is 0 Å². The van der Waals surface area contributed by atoms with E-state index >= 15 is 0 Å². The molecule has 4 nitrogen and oxygen atoms in total. The first-order valence-corrected chi connectivity index (χ1v) is 8.23. The number of anilines is 2. The summed E-state index contributed by atoms with van der Waals surface area (Å²) in [7, 11) is 0. The van der Waals surface area contributed by atoms with Crippen molar-refractivity contribution in [3.8, 4) is 0 Å². The number of halogens is 3. The number of carbonyl (C=O) groups excluding carboxylic acids is 1. The van der Waals surface area contributed by atoms with Crippen molar-refractivity contribution >= 4 is 17.4 Å². The maximum absolute atomic E-state index is 13.6. The van der Waals surface area contributed by atoms with Crippen LogP contribution < -0.4 is 10.6 Å². The minimum absolute atomic E-state index is 0.196. The third kappa shape index (κ3) is 4.63. The molecular weight excluding hydrogens is 355 g/mol.